The third-order valence-electron chi connectivity index (χ3n) is 3.22. The van der Waals surface area contributed by atoms with Crippen molar-refractivity contribution in [2.75, 3.05) is 13.6 Å². The fourth-order valence-electron chi connectivity index (χ4n) is 2.14. The molecule has 2 rings (SSSR count). The summed E-state index contributed by atoms with van der Waals surface area (Å²) in [6.07, 6.45) is 2.87. The Balaban J connectivity index is 1.96. The van der Waals surface area contributed by atoms with Crippen LogP contribution in [-0.4, -0.2) is 35.0 Å². The zero-order chi connectivity index (χ0) is 14.8. The molecule has 0 spiro atoms. The van der Waals surface area contributed by atoms with Crippen molar-refractivity contribution in [3.05, 3.63) is 36.0 Å². The molecule has 0 bridgehead atoms. The van der Waals surface area contributed by atoms with E-state index in [1.54, 1.807) is 4.90 Å². The van der Waals surface area contributed by atoms with E-state index in [0.29, 0.717) is 6.54 Å². The Morgan fingerprint density at radius 3 is 2.70 bits per heavy atom. The lowest BCUT2D eigenvalue weighted by Crippen LogP contribution is -2.47. The first-order valence-electron chi connectivity index (χ1n) is 6.95. The van der Waals surface area contributed by atoms with Crippen LogP contribution in [0.2, 0.25) is 0 Å². The van der Waals surface area contributed by atoms with Crippen molar-refractivity contribution < 1.29 is 4.79 Å². The van der Waals surface area contributed by atoms with Crippen LogP contribution in [0.3, 0.4) is 0 Å². The maximum Gasteiger partial charge on any atom is 0.317 e. The van der Waals surface area contributed by atoms with Crippen LogP contribution >= 0.6 is 0 Å². The maximum atomic E-state index is 12.0. The summed E-state index contributed by atoms with van der Waals surface area (Å²) >= 11 is 0. The number of aromatic amines is 1. The van der Waals surface area contributed by atoms with E-state index in [0.717, 1.165) is 11.9 Å². The highest BCUT2D eigenvalue weighted by atomic mass is 16.2. The van der Waals surface area contributed by atoms with Crippen molar-refractivity contribution in [2.45, 2.75) is 32.7 Å². The fourth-order valence-corrected chi connectivity index (χ4v) is 2.14. The molecule has 0 fully saturated rings. The molecule has 20 heavy (non-hydrogen) atoms. The van der Waals surface area contributed by atoms with Gasteiger partial charge in [-0.25, -0.2) is 4.79 Å². The SMILES string of the molecule is CN(CCc1c[nH]c2ccccc12)C(=O)NC(C)(C)C. The molecule has 2 N–H and O–H groups in total. The molecule has 0 aliphatic heterocycles. The highest BCUT2D eigenvalue weighted by Gasteiger charge is 2.16. The Morgan fingerprint density at radius 1 is 1.30 bits per heavy atom. The van der Waals surface area contributed by atoms with E-state index in [1.807, 2.05) is 46.1 Å². The van der Waals surface area contributed by atoms with Gasteiger partial charge < -0.3 is 15.2 Å². The van der Waals surface area contributed by atoms with E-state index in [2.05, 4.69) is 22.4 Å². The number of fused-ring (bicyclic) bond motifs is 1. The number of rotatable bonds is 3. The molecule has 108 valence electrons. The molecule has 4 heteroatoms. The van der Waals surface area contributed by atoms with Crippen molar-refractivity contribution in [1.29, 1.82) is 0 Å². The average Bonchev–Trinajstić information content (AvgIpc) is 2.77. The van der Waals surface area contributed by atoms with Crippen LogP contribution in [0, 0.1) is 0 Å². The summed E-state index contributed by atoms with van der Waals surface area (Å²) in [5.74, 6) is 0. The number of para-hydroxylation sites is 1. The number of nitrogens with zero attached hydrogens (tertiary/aromatic N) is 1. The molecule has 1 aromatic heterocycles. The van der Waals surface area contributed by atoms with Crippen molar-refractivity contribution in [3.8, 4) is 0 Å². The van der Waals surface area contributed by atoms with E-state index in [9.17, 15) is 4.79 Å². The van der Waals surface area contributed by atoms with Crippen molar-refractivity contribution >= 4 is 16.9 Å². The van der Waals surface area contributed by atoms with Gasteiger partial charge in [0.1, 0.15) is 0 Å². The number of nitrogens with one attached hydrogen (secondary N) is 2. The van der Waals surface area contributed by atoms with Gasteiger partial charge in [-0.15, -0.1) is 0 Å². The number of carbonyl (C=O) groups is 1. The first-order valence-corrected chi connectivity index (χ1v) is 6.95. The maximum absolute atomic E-state index is 12.0. The van der Waals surface area contributed by atoms with Crippen molar-refractivity contribution in [3.63, 3.8) is 0 Å². The molecular formula is C16H23N3O. The number of benzene rings is 1. The molecule has 0 aliphatic rings. The lowest BCUT2D eigenvalue weighted by atomic mass is 10.1. The van der Waals surface area contributed by atoms with Gasteiger partial charge in [-0.1, -0.05) is 18.2 Å². The monoisotopic (exact) mass is 273 g/mol. The lowest BCUT2D eigenvalue weighted by molar-refractivity contribution is 0.200. The summed E-state index contributed by atoms with van der Waals surface area (Å²) in [7, 11) is 1.83. The Bertz CT molecular complexity index is 595. The molecule has 1 aromatic carbocycles. The molecular weight excluding hydrogens is 250 g/mol. The van der Waals surface area contributed by atoms with E-state index < -0.39 is 0 Å². The second-order valence-electron chi connectivity index (χ2n) is 6.21. The molecule has 0 unspecified atom stereocenters. The molecule has 1 heterocycles. The summed E-state index contributed by atoms with van der Waals surface area (Å²) in [5, 5.41) is 4.20. The van der Waals surface area contributed by atoms with Gasteiger partial charge in [-0.3, -0.25) is 0 Å². The zero-order valence-electron chi connectivity index (χ0n) is 12.7. The standard InChI is InChI=1S/C16H23N3O/c1-16(2,3)18-15(20)19(4)10-9-12-11-17-14-8-6-5-7-13(12)14/h5-8,11,17H,9-10H2,1-4H3,(H,18,20). The summed E-state index contributed by atoms with van der Waals surface area (Å²) < 4.78 is 0. The lowest BCUT2D eigenvalue weighted by Gasteiger charge is -2.25. The number of urea groups is 1. The Hall–Kier alpha value is -1.97. The number of amides is 2. The molecule has 2 aromatic rings. The normalized spacial score (nSPS) is 11.6. The number of aromatic nitrogens is 1. The minimum Gasteiger partial charge on any atom is -0.361 e. The molecule has 0 aliphatic carbocycles. The van der Waals surface area contributed by atoms with Crippen LogP contribution in [-0.2, 0) is 6.42 Å². The van der Waals surface area contributed by atoms with Crippen molar-refractivity contribution in [2.24, 2.45) is 0 Å². The third-order valence-corrected chi connectivity index (χ3v) is 3.22. The highest BCUT2D eigenvalue weighted by Crippen LogP contribution is 2.18. The average molecular weight is 273 g/mol. The van der Waals surface area contributed by atoms with E-state index in [1.165, 1.54) is 10.9 Å². The van der Waals surface area contributed by atoms with Gasteiger partial charge in [-0.05, 0) is 38.8 Å². The van der Waals surface area contributed by atoms with Crippen LogP contribution in [0.1, 0.15) is 26.3 Å². The minimum absolute atomic E-state index is 0.0302. The van der Waals surface area contributed by atoms with E-state index in [-0.39, 0.29) is 11.6 Å². The number of hydrogen-bond donors (Lipinski definition) is 2. The summed E-state index contributed by atoms with van der Waals surface area (Å²) in [4.78, 5) is 17.0. The van der Waals surface area contributed by atoms with E-state index in [4.69, 9.17) is 0 Å². The first kappa shape index (κ1) is 14.4. The van der Waals surface area contributed by atoms with E-state index >= 15 is 0 Å². The molecule has 0 radical (unpaired) electrons. The first-order chi connectivity index (χ1) is 9.37. The second-order valence-corrected chi connectivity index (χ2v) is 6.21. The zero-order valence-corrected chi connectivity index (χ0v) is 12.7. The van der Waals surface area contributed by atoms with Crippen LogP contribution in [0.15, 0.2) is 30.5 Å². The van der Waals surface area contributed by atoms with Gasteiger partial charge in [0.25, 0.3) is 0 Å². The molecule has 0 atom stereocenters. The predicted molar refractivity (Wildman–Crippen MR) is 82.9 cm³/mol. The largest absolute Gasteiger partial charge is 0.361 e. The van der Waals surface area contributed by atoms with Gasteiger partial charge in [0.2, 0.25) is 0 Å². The minimum atomic E-state index is -0.202. The summed E-state index contributed by atoms with van der Waals surface area (Å²) in [6.45, 7) is 6.65. The molecule has 2 amide bonds. The summed E-state index contributed by atoms with van der Waals surface area (Å²) in [5.41, 5.74) is 2.19. The third kappa shape index (κ3) is 3.53. The smallest absolute Gasteiger partial charge is 0.317 e. The van der Waals surface area contributed by atoms with Gasteiger partial charge in [0, 0.05) is 36.2 Å². The fraction of sp³-hybridized carbons (Fsp3) is 0.438. The van der Waals surface area contributed by atoms with Gasteiger partial charge >= 0.3 is 6.03 Å². The van der Waals surface area contributed by atoms with Crippen LogP contribution in [0.4, 0.5) is 4.79 Å². The predicted octanol–water partition coefficient (Wildman–Crippen LogP) is 3.15. The Labute approximate surface area is 120 Å². The number of H-pyrrole nitrogens is 1. The van der Waals surface area contributed by atoms with Gasteiger partial charge in [-0.2, -0.15) is 0 Å². The molecule has 0 saturated carbocycles. The molecule has 0 saturated heterocycles. The van der Waals surface area contributed by atoms with Crippen LogP contribution in [0.5, 0.6) is 0 Å². The van der Waals surface area contributed by atoms with Gasteiger partial charge in [0.15, 0.2) is 0 Å². The van der Waals surface area contributed by atoms with Crippen molar-refractivity contribution in [1.82, 2.24) is 15.2 Å². The Morgan fingerprint density at radius 2 is 2.00 bits per heavy atom. The van der Waals surface area contributed by atoms with Gasteiger partial charge in [0.05, 0.1) is 0 Å². The number of carbonyl (C=O) groups excluding carboxylic acids is 1. The second kappa shape index (κ2) is 5.57. The quantitative estimate of drug-likeness (QED) is 0.886. The van der Waals surface area contributed by atoms with Crippen LogP contribution < -0.4 is 5.32 Å². The molecule has 4 nitrogen and oxygen atoms in total. The number of likely N-dealkylation sites (N-methyl/N-ethyl adjacent to an activating group) is 1. The highest BCUT2D eigenvalue weighted by molar-refractivity contribution is 5.83. The number of hydrogen-bond acceptors (Lipinski definition) is 1. The topological polar surface area (TPSA) is 48.1 Å². The summed E-state index contributed by atoms with van der Waals surface area (Å²) in [6, 6.07) is 8.20. The Kier molecular flexibility index (Phi) is 4.02. The van der Waals surface area contributed by atoms with Crippen LogP contribution in [0.25, 0.3) is 10.9 Å².